The molecule has 1 aliphatic heterocycles. The fourth-order valence-electron chi connectivity index (χ4n) is 3.60. The Balaban J connectivity index is 0.000000297. The number of nitrogen functional groups attached to an aromatic ring is 1. The van der Waals surface area contributed by atoms with Crippen LogP contribution in [0.4, 0.5) is 17.3 Å². The first-order chi connectivity index (χ1) is 17.2. The second-order valence-corrected chi connectivity index (χ2v) is 8.89. The number of nitro groups is 1. The molecular weight excluding hydrogens is 464 g/mol. The number of methoxy groups -OCH3 is 1. The number of carbonyl (C=O) groups excluding carboxylic acids is 1. The number of rotatable bonds is 12. The summed E-state index contributed by atoms with van der Waals surface area (Å²) in [5, 5.41) is 11.2. The summed E-state index contributed by atoms with van der Waals surface area (Å²) < 4.78 is 9.97. The fraction of sp³-hybridized carbons (Fsp3) is 0.560. The summed E-state index contributed by atoms with van der Waals surface area (Å²) in [4.78, 5) is 33.5. The van der Waals surface area contributed by atoms with E-state index in [1.807, 2.05) is 12.2 Å². The van der Waals surface area contributed by atoms with Crippen LogP contribution in [0.3, 0.4) is 0 Å². The molecule has 198 valence electrons. The molecule has 1 saturated heterocycles. The van der Waals surface area contributed by atoms with E-state index < -0.39 is 16.6 Å². The maximum atomic E-state index is 11.4. The first-order valence-electron chi connectivity index (χ1n) is 12.2. The van der Waals surface area contributed by atoms with Gasteiger partial charge in [0.25, 0.3) is 0 Å². The van der Waals surface area contributed by atoms with Gasteiger partial charge in [-0.05, 0) is 45.2 Å². The van der Waals surface area contributed by atoms with Crippen molar-refractivity contribution in [1.29, 1.82) is 0 Å². The first-order valence-corrected chi connectivity index (χ1v) is 12.2. The molecule has 0 aromatic carbocycles. The number of esters is 1. The number of likely N-dealkylation sites (tertiary alicyclic amines) is 1. The predicted octanol–water partition coefficient (Wildman–Crippen LogP) is 3.53. The van der Waals surface area contributed by atoms with Crippen LogP contribution in [0.15, 0.2) is 36.5 Å². The minimum atomic E-state index is -0.688. The number of ether oxygens (including phenoxy) is 2. The molecule has 3 rings (SSSR count). The highest BCUT2D eigenvalue weighted by Crippen LogP contribution is 2.34. The molecule has 1 saturated carbocycles. The average molecular weight is 503 g/mol. The second kappa shape index (κ2) is 14.8. The summed E-state index contributed by atoms with van der Waals surface area (Å²) in [6.07, 6.45) is 14.3. The van der Waals surface area contributed by atoms with Crippen LogP contribution in [-0.2, 0) is 9.53 Å². The van der Waals surface area contributed by atoms with Gasteiger partial charge in [0.15, 0.2) is 0 Å². The van der Waals surface area contributed by atoms with Crippen molar-refractivity contribution in [2.75, 3.05) is 57.6 Å². The van der Waals surface area contributed by atoms with Gasteiger partial charge >= 0.3 is 17.7 Å². The standard InChI is InChI=1S/C13H19N5O5.C12H19N/c1-17(7-9(19)22-2)12-10(18(20)21)11(14)15-13(16-12)23-6-5-8-3-4-8;1-3-7-12(2)8-6-11-13-9-4-5-10-13/h8H,3-7H2,1-2H3,(H2,14,15,16);3,6-8H,1,4-5,9-11H2,2H3/b;8-6+,12-7-. The molecule has 0 atom stereocenters. The minimum absolute atomic E-state index is 0.0412. The van der Waals surface area contributed by atoms with Crippen LogP contribution in [0, 0.1) is 16.0 Å². The van der Waals surface area contributed by atoms with Crippen molar-refractivity contribution in [3.05, 3.63) is 46.6 Å². The normalized spacial score (nSPS) is 15.8. The van der Waals surface area contributed by atoms with E-state index in [1.54, 1.807) is 0 Å². The Labute approximate surface area is 212 Å². The van der Waals surface area contributed by atoms with Gasteiger partial charge in [-0.1, -0.05) is 49.3 Å². The number of allylic oxidation sites excluding steroid dienone is 4. The quantitative estimate of drug-likeness (QED) is 0.195. The van der Waals surface area contributed by atoms with Crippen molar-refractivity contribution in [2.45, 2.75) is 39.0 Å². The van der Waals surface area contributed by atoms with Gasteiger partial charge in [-0.2, -0.15) is 9.97 Å². The van der Waals surface area contributed by atoms with Crippen molar-refractivity contribution in [3.8, 4) is 6.01 Å². The number of likely N-dealkylation sites (N-methyl/N-ethyl adjacent to an activating group) is 1. The molecule has 1 aliphatic carbocycles. The maximum absolute atomic E-state index is 11.4. The van der Waals surface area contributed by atoms with E-state index in [9.17, 15) is 14.9 Å². The summed E-state index contributed by atoms with van der Waals surface area (Å²) in [5.74, 6) is -0.283. The fourth-order valence-corrected chi connectivity index (χ4v) is 3.60. The maximum Gasteiger partial charge on any atom is 0.353 e. The third-order valence-electron chi connectivity index (χ3n) is 5.79. The molecule has 0 amide bonds. The van der Waals surface area contributed by atoms with Gasteiger partial charge in [-0.25, -0.2) is 0 Å². The van der Waals surface area contributed by atoms with Gasteiger partial charge in [0, 0.05) is 13.6 Å². The number of anilines is 2. The van der Waals surface area contributed by atoms with Gasteiger partial charge in [-0.3, -0.25) is 19.8 Å². The number of hydrogen-bond donors (Lipinski definition) is 1. The summed E-state index contributed by atoms with van der Waals surface area (Å²) >= 11 is 0. The van der Waals surface area contributed by atoms with E-state index in [-0.39, 0.29) is 24.2 Å². The van der Waals surface area contributed by atoms with Gasteiger partial charge < -0.3 is 20.1 Å². The van der Waals surface area contributed by atoms with E-state index in [0.717, 1.165) is 13.0 Å². The summed E-state index contributed by atoms with van der Waals surface area (Å²) in [6, 6.07) is -0.0412. The molecule has 2 fully saturated rings. The smallest absolute Gasteiger partial charge is 0.353 e. The van der Waals surface area contributed by atoms with Gasteiger partial charge in [0.2, 0.25) is 11.6 Å². The van der Waals surface area contributed by atoms with Crippen LogP contribution >= 0.6 is 0 Å². The first kappa shape index (κ1) is 28.8. The van der Waals surface area contributed by atoms with Gasteiger partial charge in [0.1, 0.15) is 6.54 Å². The van der Waals surface area contributed by atoms with Crippen LogP contribution in [-0.4, -0.2) is 72.7 Å². The van der Waals surface area contributed by atoms with Crippen LogP contribution < -0.4 is 15.4 Å². The Morgan fingerprint density at radius 2 is 2.03 bits per heavy atom. The lowest BCUT2D eigenvalue weighted by atomic mass is 10.2. The number of carbonyl (C=O) groups is 1. The van der Waals surface area contributed by atoms with Crippen molar-refractivity contribution in [2.24, 2.45) is 5.92 Å². The Hall–Kier alpha value is -3.47. The molecule has 0 bridgehead atoms. The Kier molecular flexibility index (Phi) is 11.8. The number of hydrogen-bond acceptors (Lipinski definition) is 10. The molecule has 2 N–H and O–H groups in total. The van der Waals surface area contributed by atoms with E-state index in [4.69, 9.17) is 10.5 Å². The van der Waals surface area contributed by atoms with Crippen LogP contribution in [0.25, 0.3) is 0 Å². The molecule has 1 aromatic heterocycles. The monoisotopic (exact) mass is 502 g/mol. The highest BCUT2D eigenvalue weighted by molar-refractivity contribution is 5.78. The SMILES string of the molecule is C=C/C=C(C)\C=C\CN1CCCC1.COC(=O)CN(C)c1nc(OCCC2CC2)nc(N)c1[N+](=O)[O-]. The number of nitrogens with zero attached hydrogens (tertiary/aromatic N) is 5. The molecule has 2 heterocycles. The zero-order valence-corrected chi connectivity index (χ0v) is 21.5. The van der Waals surface area contributed by atoms with E-state index >= 15 is 0 Å². The summed E-state index contributed by atoms with van der Waals surface area (Å²) in [7, 11) is 2.70. The molecule has 2 aliphatic rings. The largest absolute Gasteiger partial charge is 0.468 e. The second-order valence-electron chi connectivity index (χ2n) is 8.89. The van der Waals surface area contributed by atoms with E-state index in [0.29, 0.717) is 12.5 Å². The number of aromatic nitrogens is 2. The van der Waals surface area contributed by atoms with Crippen molar-refractivity contribution >= 4 is 23.3 Å². The van der Waals surface area contributed by atoms with Crippen LogP contribution in [0.2, 0.25) is 0 Å². The molecule has 11 nitrogen and oxygen atoms in total. The van der Waals surface area contributed by atoms with Crippen LogP contribution in [0.1, 0.15) is 39.0 Å². The number of nitrogens with two attached hydrogens (primary N) is 1. The van der Waals surface area contributed by atoms with Crippen LogP contribution in [0.5, 0.6) is 6.01 Å². The lowest BCUT2D eigenvalue weighted by molar-refractivity contribution is -0.383. The van der Waals surface area contributed by atoms with Crippen molar-refractivity contribution in [3.63, 3.8) is 0 Å². The molecule has 1 aromatic rings. The summed E-state index contributed by atoms with van der Waals surface area (Å²) in [6.45, 7) is 9.61. The zero-order valence-electron chi connectivity index (χ0n) is 21.5. The molecule has 36 heavy (non-hydrogen) atoms. The van der Waals surface area contributed by atoms with E-state index in [1.165, 1.54) is 63.4 Å². The Morgan fingerprint density at radius 1 is 1.33 bits per heavy atom. The third kappa shape index (κ3) is 10.0. The Bertz CT molecular complexity index is 955. The zero-order chi connectivity index (χ0) is 26.5. The van der Waals surface area contributed by atoms with Gasteiger partial charge in [-0.15, -0.1) is 0 Å². The van der Waals surface area contributed by atoms with E-state index in [2.05, 4.69) is 45.3 Å². The van der Waals surface area contributed by atoms with Crippen molar-refractivity contribution in [1.82, 2.24) is 14.9 Å². The lowest BCUT2D eigenvalue weighted by Gasteiger charge is -2.17. The summed E-state index contributed by atoms with van der Waals surface area (Å²) in [5.41, 5.74) is 6.46. The average Bonchev–Trinajstić information content (AvgIpc) is 3.51. The predicted molar refractivity (Wildman–Crippen MR) is 140 cm³/mol. The van der Waals surface area contributed by atoms with Crippen molar-refractivity contribution < 1.29 is 19.2 Å². The lowest BCUT2D eigenvalue weighted by Crippen LogP contribution is -2.28. The topological polar surface area (TPSA) is 137 Å². The van der Waals surface area contributed by atoms with Gasteiger partial charge in [0.05, 0.1) is 18.6 Å². The molecule has 0 unspecified atom stereocenters. The Morgan fingerprint density at radius 3 is 2.61 bits per heavy atom. The molecule has 11 heteroatoms. The highest BCUT2D eigenvalue weighted by atomic mass is 16.6. The third-order valence-corrected chi connectivity index (χ3v) is 5.79. The molecule has 0 spiro atoms. The molecule has 0 radical (unpaired) electrons. The highest BCUT2D eigenvalue weighted by Gasteiger charge is 2.28. The molecular formula is C25H38N6O5. The minimum Gasteiger partial charge on any atom is -0.468 e.